The highest BCUT2D eigenvalue weighted by atomic mass is 35.5. The molecule has 0 aromatic heterocycles. The van der Waals surface area contributed by atoms with Crippen molar-refractivity contribution in [3.63, 3.8) is 0 Å². The number of carbonyl (C=O) groups excluding carboxylic acids is 2. The summed E-state index contributed by atoms with van der Waals surface area (Å²) in [6, 6.07) is 7.15. The van der Waals surface area contributed by atoms with Crippen LogP contribution >= 0.6 is 12.4 Å². The summed E-state index contributed by atoms with van der Waals surface area (Å²) >= 11 is 0. The van der Waals surface area contributed by atoms with Crippen molar-refractivity contribution < 1.29 is 9.59 Å². The highest BCUT2D eigenvalue weighted by Crippen LogP contribution is 2.17. The maximum Gasteiger partial charge on any atom is 0.227 e. The molecule has 110 valence electrons. The monoisotopic (exact) mass is 297 g/mol. The van der Waals surface area contributed by atoms with Gasteiger partial charge in [-0.05, 0) is 50.2 Å². The molecule has 1 aliphatic rings. The Labute approximate surface area is 124 Å². The summed E-state index contributed by atoms with van der Waals surface area (Å²) < 4.78 is 0. The summed E-state index contributed by atoms with van der Waals surface area (Å²) in [7, 11) is 0. The SMILES string of the molecule is CC(=O)Nc1ccc(NC(=O)C2CCNCC2)cc1.Cl. The number of halogens is 1. The van der Waals surface area contributed by atoms with Crippen molar-refractivity contribution in [1.82, 2.24) is 5.32 Å². The van der Waals surface area contributed by atoms with Gasteiger partial charge in [0.2, 0.25) is 11.8 Å². The van der Waals surface area contributed by atoms with Crippen LogP contribution in [0, 0.1) is 5.92 Å². The highest BCUT2D eigenvalue weighted by Gasteiger charge is 2.20. The first-order valence-corrected chi connectivity index (χ1v) is 6.54. The van der Waals surface area contributed by atoms with Crippen molar-refractivity contribution in [2.45, 2.75) is 19.8 Å². The minimum atomic E-state index is -0.105. The number of hydrogen-bond donors (Lipinski definition) is 3. The molecule has 2 rings (SSSR count). The molecule has 1 heterocycles. The van der Waals surface area contributed by atoms with E-state index in [9.17, 15) is 9.59 Å². The van der Waals surface area contributed by atoms with Gasteiger partial charge in [0.05, 0.1) is 0 Å². The van der Waals surface area contributed by atoms with Crippen LogP contribution in [0.15, 0.2) is 24.3 Å². The molecule has 1 fully saturated rings. The molecule has 1 aromatic rings. The van der Waals surface area contributed by atoms with Gasteiger partial charge in [-0.25, -0.2) is 0 Å². The molecule has 3 N–H and O–H groups in total. The van der Waals surface area contributed by atoms with Crippen molar-refractivity contribution in [2.75, 3.05) is 23.7 Å². The van der Waals surface area contributed by atoms with Crippen LogP contribution in [0.3, 0.4) is 0 Å². The first-order valence-electron chi connectivity index (χ1n) is 6.54. The molecule has 5 nitrogen and oxygen atoms in total. The molecule has 2 amide bonds. The van der Waals surface area contributed by atoms with Crippen LogP contribution in [-0.2, 0) is 9.59 Å². The van der Waals surface area contributed by atoms with E-state index < -0.39 is 0 Å². The third kappa shape index (κ3) is 4.83. The number of nitrogens with one attached hydrogen (secondary N) is 3. The van der Waals surface area contributed by atoms with Gasteiger partial charge in [-0.15, -0.1) is 12.4 Å². The normalized spacial score (nSPS) is 15.1. The fourth-order valence-electron chi connectivity index (χ4n) is 2.17. The summed E-state index contributed by atoms with van der Waals surface area (Å²) in [5.41, 5.74) is 1.49. The third-order valence-corrected chi connectivity index (χ3v) is 3.18. The van der Waals surface area contributed by atoms with Crippen molar-refractivity contribution in [3.8, 4) is 0 Å². The van der Waals surface area contributed by atoms with E-state index in [1.807, 2.05) is 0 Å². The van der Waals surface area contributed by atoms with Crippen molar-refractivity contribution in [2.24, 2.45) is 5.92 Å². The second kappa shape index (κ2) is 7.87. The minimum Gasteiger partial charge on any atom is -0.326 e. The smallest absolute Gasteiger partial charge is 0.227 e. The summed E-state index contributed by atoms with van der Waals surface area (Å²) in [6.45, 7) is 3.27. The van der Waals surface area contributed by atoms with E-state index in [4.69, 9.17) is 0 Å². The molecule has 20 heavy (non-hydrogen) atoms. The van der Waals surface area contributed by atoms with Gasteiger partial charge in [-0.2, -0.15) is 0 Å². The number of amides is 2. The van der Waals surface area contributed by atoms with E-state index in [0.29, 0.717) is 0 Å². The van der Waals surface area contributed by atoms with E-state index in [1.54, 1.807) is 24.3 Å². The summed E-state index contributed by atoms with van der Waals surface area (Å²) in [5, 5.41) is 8.84. The molecular formula is C14H20ClN3O2. The van der Waals surface area contributed by atoms with Gasteiger partial charge in [0, 0.05) is 24.2 Å². The maximum atomic E-state index is 12.0. The van der Waals surface area contributed by atoms with Crippen LogP contribution in [0.25, 0.3) is 0 Å². The average molecular weight is 298 g/mol. The van der Waals surface area contributed by atoms with Gasteiger partial charge in [0.25, 0.3) is 0 Å². The summed E-state index contributed by atoms with van der Waals surface area (Å²) in [5.74, 6) is 0.0662. The third-order valence-electron chi connectivity index (χ3n) is 3.18. The van der Waals surface area contributed by atoms with E-state index in [0.717, 1.165) is 37.3 Å². The molecule has 1 aromatic carbocycles. The van der Waals surface area contributed by atoms with E-state index in [2.05, 4.69) is 16.0 Å². The molecule has 0 atom stereocenters. The Bertz CT molecular complexity index is 456. The predicted octanol–water partition coefficient (Wildman–Crippen LogP) is 2.00. The van der Waals surface area contributed by atoms with Crippen molar-refractivity contribution >= 4 is 35.6 Å². The van der Waals surface area contributed by atoms with Crippen LogP contribution < -0.4 is 16.0 Å². The van der Waals surface area contributed by atoms with Crippen LogP contribution in [0.4, 0.5) is 11.4 Å². The zero-order chi connectivity index (χ0) is 13.7. The topological polar surface area (TPSA) is 70.2 Å². The first-order chi connectivity index (χ1) is 9.15. The molecule has 0 radical (unpaired) electrons. The molecule has 0 spiro atoms. The summed E-state index contributed by atoms with van der Waals surface area (Å²) in [6.07, 6.45) is 1.77. The molecular weight excluding hydrogens is 278 g/mol. The average Bonchev–Trinajstić information content (AvgIpc) is 2.41. The second-order valence-electron chi connectivity index (χ2n) is 4.77. The maximum absolute atomic E-state index is 12.0. The Hall–Kier alpha value is -1.59. The second-order valence-corrected chi connectivity index (χ2v) is 4.77. The lowest BCUT2D eigenvalue weighted by Gasteiger charge is -2.21. The zero-order valence-corrected chi connectivity index (χ0v) is 12.3. The fraction of sp³-hybridized carbons (Fsp3) is 0.429. The lowest BCUT2D eigenvalue weighted by atomic mass is 9.97. The minimum absolute atomic E-state index is 0. The molecule has 0 unspecified atom stereocenters. The Morgan fingerprint density at radius 1 is 1.05 bits per heavy atom. The molecule has 6 heteroatoms. The zero-order valence-electron chi connectivity index (χ0n) is 11.4. The quantitative estimate of drug-likeness (QED) is 0.799. The van der Waals surface area contributed by atoms with E-state index >= 15 is 0 Å². The Morgan fingerprint density at radius 2 is 1.55 bits per heavy atom. The van der Waals surface area contributed by atoms with E-state index in [-0.39, 0.29) is 30.1 Å². The van der Waals surface area contributed by atoms with Gasteiger partial charge < -0.3 is 16.0 Å². The van der Waals surface area contributed by atoms with Crippen LogP contribution in [0.2, 0.25) is 0 Å². The molecule has 0 aliphatic carbocycles. The Kier molecular flexibility index (Phi) is 6.48. The number of benzene rings is 1. The van der Waals surface area contributed by atoms with Gasteiger partial charge >= 0.3 is 0 Å². The number of hydrogen-bond acceptors (Lipinski definition) is 3. The van der Waals surface area contributed by atoms with Gasteiger partial charge in [-0.3, -0.25) is 9.59 Å². The molecule has 1 aliphatic heterocycles. The van der Waals surface area contributed by atoms with Gasteiger partial charge in [0.15, 0.2) is 0 Å². The molecule has 0 bridgehead atoms. The van der Waals surface area contributed by atoms with Crippen LogP contribution in [-0.4, -0.2) is 24.9 Å². The standard InChI is InChI=1S/C14H19N3O2.ClH/c1-10(18)16-12-2-4-13(5-3-12)17-14(19)11-6-8-15-9-7-11;/h2-5,11,15H,6-9H2,1H3,(H,16,18)(H,17,19);1H. The largest absolute Gasteiger partial charge is 0.326 e. The van der Waals surface area contributed by atoms with Gasteiger partial charge in [0.1, 0.15) is 0 Å². The predicted molar refractivity (Wildman–Crippen MR) is 82.2 cm³/mol. The van der Waals surface area contributed by atoms with Gasteiger partial charge in [-0.1, -0.05) is 0 Å². The summed E-state index contributed by atoms with van der Waals surface area (Å²) in [4.78, 5) is 22.9. The lowest BCUT2D eigenvalue weighted by Crippen LogP contribution is -2.34. The first kappa shape index (κ1) is 16.5. The van der Waals surface area contributed by atoms with E-state index in [1.165, 1.54) is 6.92 Å². The van der Waals surface area contributed by atoms with Crippen molar-refractivity contribution in [1.29, 1.82) is 0 Å². The molecule has 0 saturated carbocycles. The number of piperidine rings is 1. The van der Waals surface area contributed by atoms with Crippen LogP contribution in [0.5, 0.6) is 0 Å². The number of anilines is 2. The number of rotatable bonds is 3. The molecule has 1 saturated heterocycles. The van der Waals surface area contributed by atoms with Crippen molar-refractivity contribution in [3.05, 3.63) is 24.3 Å². The Balaban J connectivity index is 0.00000200. The Morgan fingerprint density at radius 3 is 2.05 bits per heavy atom. The fourth-order valence-corrected chi connectivity index (χ4v) is 2.17. The highest BCUT2D eigenvalue weighted by molar-refractivity contribution is 5.93. The lowest BCUT2D eigenvalue weighted by molar-refractivity contribution is -0.120. The van der Waals surface area contributed by atoms with Crippen LogP contribution in [0.1, 0.15) is 19.8 Å². The number of carbonyl (C=O) groups is 2.